The number of halogens is 3. The van der Waals surface area contributed by atoms with Crippen molar-refractivity contribution in [3.05, 3.63) is 93.5 Å². The Morgan fingerprint density at radius 2 is 1.80 bits per heavy atom. The summed E-state index contributed by atoms with van der Waals surface area (Å²) in [4.78, 5) is 28.4. The van der Waals surface area contributed by atoms with E-state index in [4.69, 9.17) is 0 Å². The van der Waals surface area contributed by atoms with Gasteiger partial charge in [0.1, 0.15) is 5.69 Å². The molecule has 2 aromatic carbocycles. The molecule has 0 radical (unpaired) electrons. The fourth-order valence-corrected chi connectivity index (χ4v) is 4.43. The Bertz CT molecular complexity index is 1620. The summed E-state index contributed by atoms with van der Waals surface area (Å²) in [6, 6.07) is 13.0. The zero-order valence-electron chi connectivity index (χ0n) is 18.6. The lowest BCUT2D eigenvalue weighted by Gasteiger charge is -2.14. The van der Waals surface area contributed by atoms with Crippen molar-refractivity contribution in [3.63, 3.8) is 0 Å². The lowest BCUT2D eigenvalue weighted by Crippen LogP contribution is -2.32. The second-order valence-corrected chi connectivity index (χ2v) is 9.83. The number of fused-ring (bicyclic) bond motifs is 1. The van der Waals surface area contributed by atoms with Gasteiger partial charge in [-0.25, -0.2) is 13.1 Å². The number of nitrogens with one attached hydrogen (secondary N) is 2. The number of hydrogen-bond acceptors (Lipinski definition) is 4. The number of H-pyrrole nitrogens is 1. The van der Waals surface area contributed by atoms with Crippen LogP contribution in [-0.4, -0.2) is 30.1 Å². The number of benzene rings is 2. The number of aromatic nitrogens is 2. The Morgan fingerprint density at radius 1 is 1.09 bits per heavy atom. The second kappa shape index (κ2) is 8.73. The number of aromatic amines is 1. The third-order valence-corrected chi connectivity index (χ3v) is 6.12. The van der Waals surface area contributed by atoms with Crippen molar-refractivity contribution in [3.8, 4) is 11.1 Å². The van der Waals surface area contributed by atoms with Crippen molar-refractivity contribution in [2.75, 3.05) is 6.26 Å². The average Bonchev–Trinajstić information content (AvgIpc) is 3.07. The molecule has 0 fully saturated rings. The molecule has 182 valence electrons. The van der Waals surface area contributed by atoms with Gasteiger partial charge in [0.05, 0.1) is 11.8 Å². The van der Waals surface area contributed by atoms with E-state index in [9.17, 15) is 31.2 Å². The van der Waals surface area contributed by atoms with Gasteiger partial charge in [0.25, 0.3) is 11.5 Å². The first-order valence-electron chi connectivity index (χ1n) is 10.3. The minimum absolute atomic E-state index is 0.0104. The molecule has 35 heavy (non-hydrogen) atoms. The smallest absolute Gasteiger partial charge is 0.331 e. The van der Waals surface area contributed by atoms with Gasteiger partial charge in [-0.1, -0.05) is 24.3 Å². The first-order chi connectivity index (χ1) is 16.4. The van der Waals surface area contributed by atoms with E-state index in [1.807, 2.05) is 23.8 Å². The van der Waals surface area contributed by atoms with Gasteiger partial charge in [-0.05, 0) is 48.4 Å². The van der Waals surface area contributed by atoms with Crippen LogP contribution in [0, 0.1) is 6.92 Å². The number of sulfonamides is 1. The molecule has 0 saturated carbocycles. The highest BCUT2D eigenvalue weighted by Crippen LogP contribution is 2.38. The Morgan fingerprint density at radius 3 is 2.43 bits per heavy atom. The van der Waals surface area contributed by atoms with Crippen LogP contribution >= 0.6 is 0 Å². The van der Waals surface area contributed by atoms with E-state index in [1.165, 1.54) is 29.0 Å². The fourth-order valence-electron chi connectivity index (χ4n) is 4.00. The minimum atomic E-state index is -4.68. The van der Waals surface area contributed by atoms with Crippen molar-refractivity contribution in [2.24, 2.45) is 0 Å². The first-order valence-corrected chi connectivity index (χ1v) is 12.2. The number of nitrogens with zero attached hydrogens (tertiary/aromatic N) is 1. The predicted octanol–water partition coefficient (Wildman–Crippen LogP) is 4.06. The van der Waals surface area contributed by atoms with Crippen LogP contribution in [0.2, 0.25) is 0 Å². The highest BCUT2D eigenvalue weighted by molar-refractivity contribution is 7.89. The molecule has 2 aromatic heterocycles. The Kier molecular flexibility index (Phi) is 6.05. The van der Waals surface area contributed by atoms with Crippen molar-refractivity contribution in [1.29, 1.82) is 0 Å². The third-order valence-electron chi connectivity index (χ3n) is 5.56. The van der Waals surface area contributed by atoms with Gasteiger partial charge in [0, 0.05) is 34.8 Å². The number of aryl methyl sites for hydroxylation is 1. The molecule has 0 saturated heterocycles. The van der Waals surface area contributed by atoms with E-state index in [0.717, 1.165) is 29.5 Å². The summed E-state index contributed by atoms with van der Waals surface area (Å²) in [5, 5.41) is -0.0104. The van der Waals surface area contributed by atoms with E-state index in [2.05, 4.69) is 4.98 Å². The van der Waals surface area contributed by atoms with Crippen LogP contribution < -0.4 is 10.3 Å². The average molecular weight is 504 g/mol. The lowest BCUT2D eigenvalue weighted by molar-refractivity contribution is -0.137. The molecule has 2 N–H and O–H groups in total. The standard InChI is InChI=1S/C24H20F3N3O4S/c1-14-6-3-4-7-15(14)13-30-19-10-9-16(24(25,26)27)12-18(19)20(17-8-5-11-28-22(17)31)21(30)23(32)29-35(2,33)34/h3-12H,13H2,1-2H3,(H,28,31)(H,29,32). The monoisotopic (exact) mass is 503 g/mol. The summed E-state index contributed by atoms with van der Waals surface area (Å²) < 4.78 is 67.9. The Balaban J connectivity index is 2.14. The summed E-state index contributed by atoms with van der Waals surface area (Å²) >= 11 is 0. The summed E-state index contributed by atoms with van der Waals surface area (Å²) in [6.45, 7) is 1.88. The van der Waals surface area contributed by atoms with E-state index in [1.54, 1.807) is 12.1 Å². The molecule has 0 bridgehead atoms. The highest BCUT2D eigenvalue weighted by Gasteiger charge is 2.33. The lowest BCUT2D eigenvalue weighted by atomic mass is 10.0. The highest BCUT2D eigenvalue weighted by atomic mass is 32.2. The summed E-state index contributed by atoms with van der Waals surface area (Å²) in [5.41, 5.74) is -0.180. The maximum absolute atomic E-state index is 13.6. The molecule has 0 unspecified atom stereocenters. The molecule has 0 spiro atoms. The summed E-state index contributed by atoms with van der Waals surface area (Å²) in [6.07, 6.45) is -2.55. The Hall–Kier alpha value is -3.86. The molecule has 4 rings (SSSR count). The topological polar surface area (TPSA) is 101 Å². The van der Waals surface area contributed by atoms with Gasteiger partial charge in [-0.3, -0.25) is 9.59 Å². The quantitative estimate of drug-likeness (QED) is 0.429. The maximum atomic E-state index is 13.6. The number of rotatable bonds is 5. The normalized spacial score (nSPS) is 12.1. The molecule has 0 aliphatic carbocycles. The number of carbonyl (C=O) groups is 1. The Labute approximate surface area is 198 Å². The van der Waals surface area contributed by atoms with Gasteiger partial charge in [-0.15, -0.1) is 0 Å². The van der Waals surface area contributed by atoms with Crippen LogP contribution in [0.15, 0.2) is 65.6 Å². The van der Waals surface area contributed by atoms with Crippen LogP contribution in [0.5, 0.6) is 0 Å². The van der Waals surface area contributed by atoms with Crippen LogP contribution in [0.1, 0.15) is 27.2 Å². The van der Waals surface area contributed by atoms with Crippen LogP contribution in [0.4, 0.5) is 13.2 Å². The third kappa shape index (κ3) is 4.85. The van der Waals surface area contributed by atoms with Crippen molar-refractivity contribution in [2.45, 2.75) is 19.6 Å². The number of carbonyl (C=O) groups excluding carboxylic acids is 1. The van der Waals surface area contributed by atoms with E-state index >= 15 is 0 Å². The molecule has 4 aromatic rings. The molecule has 0 aliphatic rings. The van der Waals surface area contributed by atoms with Gasteiger partial charge in [0.15, 0.2) is 0 Å². The molecular formula is C24H20F3N3O4S. The van der Waals surface area contributed by atoms with Crippen LogP contribution in [0.3, 0.4) is 0 Å². The molecule has 0 atom stereocenters. The first kappa shape index (κ1) is 24.3. The summed E-state index contributed by atoms with van der Waals surface area (Å²) in [5.74, 6) is -1.07. The SMILES string of the molecule is Cc1ccccc1Cn1c(C(=O)NS(C)(=O)=O)c(-c2ccc[nH]c2=O)c2cc(C(F)(F)F)ccc21. The summed E-state index contributed by atoms with van der Waals surface area (Å²) in [7, 11) is -4.03. The molecule has 2 heterocycles. The molecule has 1 amide bonds. The van der Waals surface area contributed by atoms with Crippen LogP contribution in [-0.2, 0) is 22.7 Å². The van der Waals surface area contributed by atoms with Gasteiger partial charge >= 0.3 is 6.18 Å². The van der Waals surface area contributed by atoms with Gasteiger partial charge < -0.3 is 9.55 Å². The van der Waals surface area contributed by atoms with Crippen LogP contribution in [0.25, 0.3) is 22.0 Å². The van der Waals surface area contributed by atoms with Crippen molar-refractivity contribution >= 4 is 26.8 Å². The van der Waals surface area contributed by atoms with Crippen molar-refractivity contribution in [1.82, 2.24) is 14.3 Å². The molecule has 11 heteroatoms. The predicted molar refractivity (Wildman–Crippen MR) is 126 cm³/mol. The number of amides is 1. The van der Waals surface area contributed by atoms with E-state index < -0.39 is 33.2 Å². The largest absolute Gasteiger partial charge is 0.416 e. The number of hydrogen-bond donors (Lipinski definition) is 2. The van der Waals surface area contributed by atoms with Crippen molar-refractivity contribution < 1.29 is 26.4 Å². The van der Waals surface area contributed by atoms with E-state index in [-0.39, 0.29) is 34.3 Å². The van der Waals surface area contributed by atoms with Gasteiger partial charge in [-0.2, -0.15) is 13.2 Å². The number of pyridine rings is 1. The zero-order chi connectivity index (χ0) is 25.5. The maximum Gasteiger partial charge on any atom is 0.416 e. The molecular weight excluding hydrogens is 483 g/mol. The second-order valence-electron chi connectivity index (χ2n) is 8.08. The zero-order valence-corrected chi connectivity index (χ0v) is 19.4. The fraction of sp³-hybridized carbons (Fsp3) is 0.167. The minimum Gasteiger partial charge on any atom is -0.331 e. The van der Waals surface area contributed by atoms with E-state index in [0.29, 0.717) is 0 Å². The van der Waals surface area contributed by atoms with Gasteiger partial charge in [0.2, 0.25) is 10.0 Å². The number of alkyl halides is 3. The molecule has 7 nitrogen and oxygen atoms in total. The molecule has 0 aliphatic heterocycles.